The summed E-state index contributed by atoms with van der Waals surface area (Å²) < 4.78 is 10.0. The van der Waals surface area contributed by atoms with E-state index in [2.05, 4.69) is 63.7 Å². The van der Waals surface area contributed by atoms with E-state index in [-0.39, 0.29) is 39.5 Å². The van der Waals surface area contributed by atoms with Gasteiger partial charge in [0.1, 0.15) is 22.9 Å². The van der Waals surface area contributed by atoms with Crippen LogP contribution in [0.15, 0.2) is 24.3 Å². The standard InChI is InChI=1S/C9H10Br2O4.C5H8O2.C2H2Br2O/c10-4-8(12)14-6-1-2-7(3-6)15-9(13)5-11;6-4-1-2-5(7)3-4;3-1-2(4)5/h1-2,6-7H,3-5H2;1-2,4-7H,3H2;1H2/t6-,7?;4-,5+;/m0../s1. The molecule has 0 aromatic heterocycles. The van der Waals surface area contributed by atoms with E-state index in [0.717, 1.165) is 0 Å². The number of alkyl halides is 3. The molecule has 0 spiro atoms. The first-order chi connectivity index (χ1) is 12.7. The van der Waals surface area contributed by atoms with E-state index in [9.17, 15) is 14.4 Å². The highest BCUT2D eigenvalue weighted by Gasteiger charge is 2.24. The summed E-state index contributed by atoms with van der Waals surface area (Å²) in [7, 11) is 0. The van der Waals surface area contributed by atoms with E-state index in [1.165, 1.54) is 0 Å². The molecule has 0 bridgehead atoms. The van der Waals surface area contributed by atoms with Crippen LogP contribution in [0.2, 0.25) is 0 Å². The quantitative estimate of drug-likeness (QED) is 0.205. The number of carbonyl (C=O) groups excluding carboxylic acids is 3. The molecule has 27 heavy (non-hydrogen) atoms. The normalized spacial score (nSPS) is 25.0. The Hall–Kier alpha value is -0.0700. The molecule has 0 saturated heterocycles. The van der Waals surface area contributed by atoms with Gasteiger partial charge in [-0.2, -0.15) is 0 Å². The van der Waals surface area contributed by atoms with Crippen LogP contribution < -0.4 is 0 Å². The first-order valence-electron chi connectivity index (χ1n) is 7.69. The van der Waals surface area contributed by atoms with Gasteiger partial charge in [-0.05, 0) is 28.1 Å². The maximum absolute atomic E-state index is 10.9. The minimum atomic E-state index is -0.407. The molecule has 0 radical (unpaired) electrons. The maximum atomic E-state index is 10.9. The number of halogens is 4. The van der Waals surface area contributed by atoms with Gasteiger partial charge in [-0.15, -0.1) is 0 Å². The second kappa shape index (κ2) is 15.8. The predicted molar refractivity (Wildman–Crippen MR) is 115 cm³/mol. The van der Waals surface area contributed by atoms with E-state index < -0.39 is 12.2 Å². The Morgan fingerprint density at radius 3 is 1.37 bits per heavy atom. The predicted octanol–water partition coefficient (Wildman–Crippen LogP) is 2.53. The summed E-state index contributed by atoms with van der Waals surface area (Å²) in [5.41, 5.74) is 0. The van der Waals surface area contributed by atoms with Gasteiger partial charge in [-0.1, -0.05) is 59.9 Å². The van der Waals surface area contributed by atoms with Gasteiger partial charge in [0.15, 0.2) is 0 Å². The van der Waals surface area contributed by atoms with Crippen LogP contribution in [0.5, 0.6) is 0 Å². The molecule has 0 aliphatic heterocycles. The topological polar surface area (TPSA) is 110 Å². The first kappa shape index (κ1) is 26.9. The van der Waals surface area contributed by atoms with Gasteiger partial charge in [0.05, 0.1) is 17.5 Å². The van der Waals surface area contributed by atoms with Crippen molar-refractivity contribution in [1.82, 2.24) is 0 Å². The molecule has 0 saturated carbocycles. The fourth-order valence-electron chi connectivity index (χ4n) is 1.87. The summed E-state index contributed by atoms with van der Waals surface area (Å²) in [6.07, 6.45) is 6.24. The number of hydrogen-bond acceptors (Lipinski definition) is 7. The molecular weight excluding hydrogens is 624 g/mol. The minimum Gasteiger partial charge on any atom is -0.457 e. The van der Waals surface area contributed by atoms with Crippen LogP contribution in [0.4, 0.5) is 0 Å². The lowest BCUT2D eigenvalue weighted by molar-refractivity contribution is -0.146. The highest BCUT2D eigenvalue weighted by atomic mass is 79.9. The molecule has 0 fully saturated rings. The molecule has 154 valence electrons. The van der Waals surface area contributed by atoms with Gasteiger partial charge in [0.25, 0.3) is 0 Å². The summed E-state index contributed by atoms with van der Waals surface area (Å²) in [6, 6.07) is 0. The van der Waals surface area contributed by atoms with E-state index in [4.69, 9.17) is 19.7 Å². The van der Waals surface area contributed by atoms with Crippen LogP contribution in [0, 0.1) is 0 Å². The van der Waals surface area contributed by atoms with Crippen LogP contribution in [0.3, 0.4) is 0 Å². The number of aliphatic hydroxyl groups is 2. The second-order valence-corrected chi connectivity index (χ2v) is 7.76. The third-order valence-electron chi connectivity index (χ3n) is 2.93. The average Bonchev–Trinajstić information content (AvgIpc) is 3.23. The second-order valence-electron chi connectivity index (χ2n) is 5.19. The summed E-state index contributed by atoms with van der Waals surface area (Å²) in [6.45, 7) is 0. The van der Waals surface area contributed by atoms with Gasteiger partial charge in [-0.3, -0.25) is 14.4 Å². The monoisotopic (exact) mass is 640 g/mol. The van der Waals surface area contributed by atoms with E-state index in [1.807, 2.05) is 0 Å². The van der Waals surface area contributed by atoms with Gasteiger partial charge >= 0.3 is 11.9 Å². The fraction of sp³-hybridized carbons (Fsp3) is 0.562. The zero-order valence-electron chi connectivity index (χ0n) is 14.1. The molecule has 0 aromatic carbocycles. The number of carbonyl (C=O) groups is 3. The summed E-state index contributed by atoms with van der Waals surface area (Å²) in [4.78, 5) is 31.6. The van der Waals surface area contributed by atoms with Crippen molar-refractivity contribution < 1.29 is 34.1 Å². The third-order valence-corrected chi connectivity index (χ3v) is 5.39. The highest BCUT2D eigenvalue weighted by Crippen LogP contribution is 2.18. The molecule has 4 atom stereocenters. The summed E-state index contributed by atoms with van der Waals surface area (Å²) in [5.74, 6) is -0.644. The zero-order valence-corrected chi connectivity index (χ0v) is 20.4. The van der Waals surface area contributed by atoms with Crippen molar-refractivity contribution >= 4 is 80.4 Å². The van der Waals surface area contributed by atoms with Crippen LogP contribution in [-0.4, -0.2) is 67.3 Å². The lowest BCUT2D eigenvalue weighted by Gasteiger charge is -2.12. The van der Waals surface area contributed by atoms with E-state index in [0.29, 0.717) is 18.2 Å². The molecule has 11 heteroatoms. The number of esters is 2. The number of ether oxygens (including phenoxy) is 2. The molecule has 2 N–H and O–H groups in total. The van der Waals surface area contributed by atoms with Gasteiger partial charge < -0.3 is 19.7 Å². The molecule has 0 aromatic rings. The fourth-order valence-corrected chi connectivity index (χ4v) is 2.13. The molecule has 2 aliphatic carbocycles. The van der Waals surface area contributed by atoms with Gasteiger partial charge in [0.2, 0.25) is 4.69 Å². The average molecular weight is 644 g/mol. The van der Waals surface area contributed by atoms with Gasteiger partial charge in [0, 0.05) is 12.8 Å². The van der Waals surface area contributed by atoms with Crippen molar-refractivity contribution in [3.8, 4) is 0 Å². The van der Waals surface area contributed by atoms with Crippen LogP contribution >= 0.6 is 63.7 Å². The summed E-state index contributed by atoms with van der Waals surface area (Å²) in [5, 5.41) is 18.0. The lowest BCUT2D eigenvalue weighted by Crippen LogP contribution is -2.20. The Kier molecular flexibility index (Phi) is 15.8. The van der Waals surface area contributed by atoms with Crippen molar-refractivity contribution in [2.24, 2.45) is 0 Å². The number of aliphatic hydroxyl groups excluding tert-OH is 2. The SMILES string of the molecule is O=C(Br)CBr.O=C(CBr)OC1C=C[C@H](OC(=O)CBr)C1.O[C@@H]1C=C[C@H](O)C1. The smallest absolute Gasteiger partial charge is 0.317 e. The largest absolute Gasteiger partial charge is 0.457 e. The zero-order chi connectivity index (χ0) is 20.8. The Morgan fingerprint density at radius 1 is 0.778 bits per heavy atom. The number of rotatable bonds is 5. The highest BCUT2D eigenvalue weighted by molar-refractivity contribution is 9.19. The van der Waals surface area contributed by atoms with Crippen molar-refractivity contribution in [3.05, 3.63) is 24.3 Å². The molecular formula is C16H20Br4O7. The summed E-state index contributed by atoms with van der Waals surface area (Å²) >= 11 is 11.6. The van der Waals surface area contributed by atoms with Crippen LogP contribution in [0.1, 0.15) is 12.8 Å². The van der Waals surface area contributed by atoms with Crippen molar-refractivity contribution in [1.29, 1.82) is 0 Å². The van der Waals surface area contributed by atoms with Crippen molar-refractivity contribution in [2.75, 3.05) is 16.0 Å². The lowest BCUT2D eigenvalue weighted by atomic mass is 10.3. The molecule has 2 rings (SSSR count). The minimum absolute atomic E-state index is 0.0162. The van der Waals surface area contributed by atoms with Crippen LogP contribution in [-0.2, 0) is 23.9 Å². The van der Waals surface area contributed by atoms with Crippen molar-refractivity contribution in [2.45, 2.75) is 37.3 Å². The van der Waals surface area contributed by atoms with E-state index >= 15 is 0 Å². The molecule has 0 amide bonds. The Bertz CT molecular complexity index is 503. The number of hydrogen-bond donors (Lipinski definition) is 2. The van der Waals surface area contributed by atoms with Crippen molar-refractivity contribution in [3.63, 3.8) is 0 Å². The molecule has 1 unspecified atom stereocenters. The van der Waals surface area contributed by atoms with Gasteiger partial charge in [-0.25, -0.2) is 0 Å². The molecule has 0 heterocycles. The van der Waals surface area contributed by atoms with Crippen LogP contribution in [0.25, 0.3) is 0 Å². The van der Waals surface area contributed by atoms with E-state index in [1.54, 1.807) is 24.3 Å². The Labute approximate surface area is 191 Å². The maximum Gasteiger partial charge on any atom is 0.317 e. The first-order valence-corrected chi connectivity index (χ1v) is 11.9. The Balaban J connectivity index is 0.000000463. The third kappa shape index (κ3) is 14.6. The Morgan fingerprint density at radius 2 is 1.15 bits per heavy atom. The molecule has 7 nitrogen and oxygen atoms in total. The molecule has 2 aliphatic rings.